The maximum atomic E-state index is 5.09. The molecule has 0 aliphatic carbocycles. The molecule has 0 atom stereocenters. The Morgan fingerprint density at radius 2 is 1.55 bits per heavy atom. The van der Waals surface area contributed by atoms with Crippen molar-refractivity contribution in [1.82, 2.24) is 9.55 Å². The van der Waals surface area contributed by atoms with Crippen LogP contribution in [-0.4, -0.2) is 27.9 Å². The fourth-order valence-corrected chi connectivity index (χ4v) is 20.6. The van der Waals surface area contributed by atoms with Crippen LogP contribution in [0.4, 0.5) is 0 Å². The number of unbranched alkanes of at least 4 members (excludes halogenated alkanes) is 3. The first-order valence-corrected chi connectivity index (χ1v) is 17.3. The second-order valence-electron chi connectivity index (χ2n) is 7.28. The number of rotatable bonds is 10. The van der Waals surface area contributed by atoms with Crippen LogP contribution >= 0.6 is 0 Å². The van der Waals surface area contributed by atoms with Crippen LogP contribution < -0.4 is 3.71 Å². The fraction of sp³-hybridized carbons (Fsp3) is 0.842. The Kier molecular flexibility index (Phi) is 7.79. The first-order valence-electron chi connectivity index (χ1n) is 9.82. The van der Waals surface area contributed by atoms with Crippen molar-refractivity contribution in [3.8, 4) is 0 Å². The summed E-state index contributed by atoms with van der Waals surface area (Å²) in [5.74, 6) is 0. The fourth-order valence-electron chi connectivity index (χ4n) is 4.16. The number of imidazole rings is 1. The van der Waals surface area contributed by atoms with E-state index in [1.165, 1.54) is 64.3 Å². The van der Waals surface area contributed by atoms with Crippen LogP contribution in [-0.2, 0) is 13.0 Å². The van der Waals surface area contributed by atoms with Crippen molar-refractivity contribution < 1.29 is 0 Å². The topological polar surface area (TPSA) is 17.8 Å². The van der Waals surface area contributed by atoms with Gasteiger partial charge in [0.1, 0.15) is 0 Å². The van der Waals surface area contributed by atoms with Crippen LogP contribution in [0, 0.1) is 0 Å². The van der Waals surface area contributed by atoms with Crippen molar-refractivity contribution in [1.29, 1.82) is 0 Å². The molecule has 0 amide bonds. The molecule has 2 heterocycles. The summed E-state index contributed by atoms with van der Waals surface area (Å²) in [6.07, 6.45) is 14.6. The van der Waals surface area contributed by atoms with Crippen LogP contribution in [0.25, 0.3) is 0 Å². The molecule has 1 aromatic rings. The van der Waals surface area contributed by atoms with Crippen molar-refractivity contribution in [3.63, 3.8) is 0 Å². The van der Waals surface area contributed by atoms with E-state index < -0.39 is 18.4 Å². The van der Waals surface area contributed by atoms with Crippen LogP contribution in [0.5, 0.6) is 0 Å². The molecular formula is C19H36N2Sn. The van der Waals surface area contributed by atoms with Crippen LogP contribution in [0.1, 0.15) is 77.8 Å². The van der Waals surface area contributed by atoms with E-state index in [1.54, 1.807) is 22.7 Å². The molecule has 1 aromatic heterocycles. The average Bonchev–Trinajstić information content (AvgIpc) is 2.99. The SMILES string of the molecule is CCC[CH2][Sn]([CH2]CCC)([CH2]CCC)[c]1ncn2c1CCCC2. The molecule has 0 bridgehead atoms. The predicted octanol–water partition coefficient (Wildman–Crippen LogP) is 5.28. The molecule has 126 valence electrons. The van der Waals surface area contributed by atoms with Gasteiger partial charge >= 0.3 is 142 Å². The minimum absolute atomic E-state index is 1.22. The number of aryl methyl sites for hydroxylation is 1. The summed E-state index contributed by atoms with van der Waals surface area (Å²) < 4.78 is 8.86. The molecule has 0 spiro atoms. The molecule has 0 aromatic carbocycles. The molecule has 1 aliphatic heterocycles. The molecule has 1 aliphatic rings. The van der Waals surface area contributed by atoms with Crippen molar-refractivity contribution in [2.45, 2.75) is 98.4 Å². The monoisotopic (exact) mass is 412 g/mol. The Morgan fingerprint density at radius 1 is 0.955 bits per heavy atom. The molecule has 22 heavy (non-hydrogen) atoms. The normalized spacial score (nSPS) is 15.0. The van der Waals surface area contributed by atoms with Gasteiger partial charge in [0.2, 0.25) is 0 Å². The molecule has 0 saturated carbocycles. The first-order chi connectivity index (χ1) is 10.8. The van der Waals surface area contributed by atoms with Crippen molar-refractivity contribution in [2.75, 3.05) is 0 Å². The number of fused-ring (bicyclic) bond motifs is 1. The van der Waals surface area contributed by atoms with Crippen LogP contribution in [0.2, 0.25) is 13.3 Å². The summed E-state index contributed by atoms with van der Waals surface area (Å²) in [6.45, 7) is 8.30. The molecule has 0 N–H and O–H groups in total. The van der Waals surface area contributed by atoms with E-state index in [1.807, 2.05) is 0 Å². The van der Waals surface area contributed by atoms with Crippen molar-refractivity contribution in [3.05, 3.63) is 12.0 Å². The van der Waals surface area contributed by atoms with Crippen LogP contribution in [0.15, 0.2) is 6.33 Å². The third-order valence-electron chi connectivity index (χ3n) is 5.54. The van der Waals surface area contributed by atoms with Gasteiger partial charge in [-0.05, 0) is 0 Å². The summed E-state index contributed by atoms with van der Waals surface area (Å²) in [5, 5.41) is 0. The maximum absolute atomic E-state index is 5.09. The second-order valence-corrected chi connectivity index (χ2v) is 20.2. The van der Waals surface area contributed by atoms with E-state index in [0.29, 0.717) is 0 Å². The van der Waals surface area contributed by atoms with Crippen molar-refractivity contribution in [2.24, 2.45) is 0 Å². The molecule has 0 unspecified atom stereocenters. The summed E-state index contributed by atoms with van der Waals surface area (Å²) in [4.78, 5) is 5.09. The number of nitrogens with zero attached hydrogens (tertiary/aromatic N) is 2. The zero-order valence-corrected chi connectivity index (χ0v) is 18.0. The molecule has 2 nitrogen and oxygen atoms in total. The zero-order chi connectivity index (χ0) is 15.8. The van der Waals surface area contributed by atoms with Gasteiger partial charge < -0.3 is 0 Å². The van der Waals surface area contributed by atoms with Gasteiger partial charge in [0.15, 0.2) is 0 Å². The minimum atomic E-state index is -2.29. The summed E-state index contributed by atoms with van der Waals surface area (Å²) in [6, 6.07) is 0. The Hall–Kier alpha value is 0.00870. The number of hydrogen-bond donors (Lipinski definition) is 0. The van der Waals surface area contributed by atoms with Gasteiger partial charge in [-0.2, -0.15) is 0 Å². The quantitative estimate of drug-likeness (QED) is 0.480. The van der Waals surface area contributed by atoms with Gasteiger partial charge in [-0.3, -0.25) is 0 Å². The van der Waals surface area contributed by atoms with E-state index in [4.69, 9.17) is 4.98 Å². The average molecular weight is 411 g/mol. The summed E-state index contributed by atoms with van der Waals surface area (Å²) in [7, 11) is 0. The molecule has 0 saturated heterocycles. The van der Waals surface area contributed by atoms with Gasteiger partial charge in [-0.15, -0.1) is 0 Å². The molecular weight excluding hydrogens is 375 g/mol. The zero-order valence-electron chi connectivity index (χ0n) is 15.2. The van der Waals surface area contributed by atoms with Crippen molar-refractivity contribution >= 4 is 22.1 Å². The number of hydrogen-bond acceptors (Lipinski definition) is 1. The second kappa shape index (κ2) is 9.34. The van der Waals surface area contributed by atoms with Gasteiger partial charge in [0.25, 0.3) is 0 Å². The third kappa shape index (κ3) is 4.30. The molecule has 2 rings (SSSR count). The van der Waals surface area contributed by atoms with Gasteiger partial charge in [-0.25, -0.2) is 0 Å². The molecule has 0 radical (unpaired) electrons. The van der Waals surface area contributed by atoms with Crippen LogP contribution in [0.3, 0.4) is 0 Å². The summed E-state index contributed by atoms with van der Waals surface area (Å²) >= 11 is -2.29. The number of aromatic nitrogens is 2. The van der Waals surface area contributed by atoms with Gasteiger partial charge in [-0.1, -0.05) is 0 Å². The molecule has 3 heteroatoms. The Bertz CT molecular complexity index is 417. The Labute approximate surface area is 142 Å². The van der Waals surface area contributed by atoms with E-state index in [9.17, 15) is 0 Å². The van der Waals surface area contributed by atoms with E-state index in [2.05, 4.69) is 31.7 Å². The van der Waals surface area contributed by atoms with E-state index in [0.717, 1.165) is 0 Å². The standard InChI is InChI=1S/C7H9N2.3C4H9.Sn/c1-2-4-9-6-8-5-7(9)3-1;3*1-3-4-2;/h6H,1-4H2;3*1,3-4H2,2H3;. The Balaban J connectivity index is 2.32. The van der Waals surface area contributed by atoms with E-state index >= 15 is 0 Å². The Morgan fingerprint density at radius 3 is 2.09 bits per heavy atom. The first kappa shape index (κ1) is 18.3. The predicted molar refractivity (Wildman–Crippen MR) is 99.7 cm³/mol. The van der Waals surface area contributed by atoms with Gasteiger partial charge in [0.05, 0.1) is 0 Å². The third-order valence-corrected chi connectivity index (χ3v) is 20.8. The van der Waals surface area contributed by atoms with Gasteiger partial charge in [0, 0.05) is 0 Å². The van der Waals surface area contributed by atoms with E-state index in [-0.39, 0.29) is 0 Å². The molecule has 0 fully saturated rings. The summed E-state index contributed by atoms with van der Waals surface area (Å²) in [5.41, 5.74) is 1.67.